The van der Waals surface area contributed by atoms with Crippen molar-refractivity contribution in [3.05, 3.63) is 181 Å². The van der Waals surface area contributed by atoms with Crippen LogP contribution in [-0.4, -0.2) is 249 Å². The van der Waals surface area contributed by atoms with Crippen LogP contribution in [0.15, 0.2) is 146 Å². The molecule has 0 unspecified atom stereocenters. The van der Waals surface area contributed by atoms with E-state index in [2.05, 4.69) is 257 Å². The van der Waals surface area contributed by atoms with Crippen molar-refractivity contribution in [2.45, 2.75) is 197 Å². The van der Waals surface area contributed by atoms with E-state index in [0.717, 1.165) is 152 Å². The zero-order valence-electron chi connectivity index (χ0n) is 76.6. The minimum atomic E-state index is -6.09. The zero-order valence-corrected chi connectivity index (χ0v) is 84.8. The number of halogens is 18. The van der Waals surface area contributed by atoms with Gasteiger partial charge < -0.3 is 27.3 Å². The molecule has 0 radical (unpaired) electrons. The van der Waals surface area contributed by atoms with Crippen molar-refractivity contribution in [3.8, 4) is 0 Å². The van der Waals surface area contributed by atoms with E-state index in [1.165, 1.54) is 0 Å². The van der Waals surface area contributed by atoms with Crippen LogP contribution in [0.4, 0.5) is 79.0 Å². The molecule has 0 spiro atoms. The van der Waals surface area contributed by atoms with Gasteiger partial charge in [0.2, 0.25) is 0 Å². The van der Waals surface area contributed by atoms with Crippen LogP contribution < -0.4 is 0 Å². The summed E-state index contributed by atoms with van der Waals surface area (Å²) in [6.07, 6.45) is 11.3. The van der Waals surface area contributed by atoms with Crippen molar-refractivity contribution in [3.63, 3.8) is 0 Å². The molecular weight excluding hydrogens is 2090 g/mol. The van der Waals surface area contributed by atoms with E-state index in [0.29, 0.717) is 0 Å². The average molecular weight is 2210 g/mol. The van der Waals surface area contributed by atoms with Crippen LogP contribution in [0.5, 0.6) is 0 Å². The molecule has 6 heterocycles. The van der Waals surface area contributed by atoms with Crippen LogP contribution in [0.1, 0.15) is 159 Å². The Morgan fingerprint density at radius 1 is 0.207 bits per heavy atom. The maximum Gasteiger partial charge on any atom is 4.00 e. The largest absolute Gasteiger partial charge is 4.00 e. The molecule has 6 rings (SSSR count). The molecule has 0 aromatic carbocycles. The first-order chi connectivity index (χ1) is 58.8. The molecule has 0 N–H and O–H groups in total. The molecule has 0 saturated carbocycles. The Hall–Kier alpha value is -5.58. The van der Waals surface area contributed by atoms with E-state index in [4.69, 9.17) is 77.8 Å². The Balaban J connectivity index is -0.000000369. The van der Waals surface area contributed by atoms with Crippen molar-refractivity contribution in [2.75, 3.05) is 78.5 Å². The van der Waals surface area contributed by atoms with Crippen LogP contribution in [0.3, 0.4) is 0 Å². The SMILES string of the molecule is CC(C)(C)CN(CCN(Cc1ccccn1)CC(C)(C)C)Cc1ccccn1.CC(C)(C)CN(CCN(Cc1ccccn1)CC(C)(C)C)Cc1ccccn1.CC(C)(C)CN(CCN(Cc1ccccn1)CC(C)(C)C)Cc1ccccn1.O=S(=O)([O-])C(F)(F)F.O=S(=O)([O-])C(F)(F)F.O=S(=O)([O-])C(F)(F)F.O=S(=O)([O-])C(F)(F)F.O=S(=O)([O-])C(F)(F)F.O=S(=O)([O-])C(F)(F)F.[Fe+4].[Fe+4].[Fe+4]. The van der Waals surface area contributed by atoms with Gasteiger partial charge in [-0.25, -0.2) is 50.5 Å². The molecule has 774 valence electrons. The summed E-state index contributed by atoms with van der Waals surface area (Å²) in [6, 6.07) is 37.1. The first kappa shape index (κ1) is 140. The molecular formula is C78H114F18Fe3N12O18S6+6. The number of nitrogens with zero attached hydrogens (tertiary/aromatic N) is 12. The summed E-state index contributed by atoms with van der Waals surface area (Å²) in [7, 11) is -36.5. The molecule has 0 saturated heterocycles. The third-order valence-electron chi connectivity index (χ3n) is 14.8. The fourth-order valence-electron chi connectivity index (χ4n) is 10.5. The Morgan fingerprint density at radius 3 is 0.356 bits per heavy atom. The van der Waals surface area contributed by atoms with Gasteiger partial charge in [-0.3, -0.25) is 59.3 Å². The Bertz CT molecular complexity index is 4150. The van der Waals surface area contributed by atoms with Crippen LogP contribution in [0, 0.1) is 32.5 Å². The van der Waals surface area contributed by atoms with Crippen molar-refractivity contribution in [2.24, 2.45) is 32.5 Å². The van der Waals surface area contributed by atoms with Gasteiger partial charge >= 0.3 is 84.3 Å². The number of aromatic nitrogens is 6. The van der Waals surface area contributed by atoms with Crippen molar-refractivity contribution in [1.82, 2.24) is 59.3 Å². The fourth-order valence-corrected chi connectivity index (χ4v) is 10.5. The van der Waals surface area contributed by atoms with Crippen LogP contribution >= 0.6 is 0 Å². The van der Waals surface area contributed by atoms with E-state index < -0.39 is 93.8 Å². The summed E-state index contributed by atoms with van der Waals surface area (Å²) in [5, 5.41) is 0. The third-order valence-corrected chi connectivity index (χ3v) is 18.2. The summed E-state index contributed by atoms with van der Waals surface area (Å²) in [5.41, 5.74) is -25.5. The molecule has 30 nitrogen and oxygen atoms in total. The smallest absolute Gasteiger partial charge is 0.741 e. The maximum atomic E-state index is 10.7. The van der Waals surface area contributed by atoms with Crippen molar-refractivity contribution >= 4 is 60.7 Å². The fraction of sp³-hybridized carbons (Fsp3) is 0.615. The van der Waals surface area contributed by atoms with Crippen LogP contribution in [-0.2, 0) is 151 Å². The summed E-state index contributed by atoms with van der Waals surface area (Å²) in [5.74, 6) is 0. The first-order valence-corrected chi connectivity index (χ1v) is 47.1. The van der Waals surface area contributed by atoms with Crippen molar-refractivity contribution in [1.29, 1.82) is 0 Å². The number of pyridine rings is 6. The van der Waals surface area contributed by atoms with Gasteiger partial charge in [0, 0.05) is 155 Å². The molecule has 0 bridgehead atoms. The van der Waals surface area contributed by atoms with E-state index in [1.807, 2.05) is 73.6 Å². The number of alkyl halides is 18. The first-order valence-electron chi connectivity index (χ1n) is 38.7. The Labute approximate surface area is 811 Å². The monoisotopic (exact) mass is 2210 g/mol. The molecule has 6 aromatic rings. The van der Waals surface area contributed by atoms with E-state index in [1.54, 1.807) is 0 Å². The van der Waals surface area contributed by atoms with Gasteiger partial charge in [0.15, 0.2) is 60.7 Å². The quantitative estimate of drug-likeness (QED) is 0.0200. The predicted octanol–water partition coefficient (Wildman–Crippen LogP) is 14.9. The van der Waals surface area contributed by atoms with Crippen molar-refractivity contribution < 1.29 is 208 Å². The number of hydrogen-bond donors (Lipinski definition) is 0. The Kier molecular flexibility index (Phi) is 62.3. The molecule has 0 aliphatic rings. The molecule has 0 aliphatic carbocycles. The predicted molar refractivity (Wildman–Crippen MR) is 448 cm³/mol. The molecule has 0 aliphatic heterocycles. The zero-order chi connectivity index (χ0) is 104. The van der Waals surface area contributed by atoms with Gasteiger partial charge in [-0.15, -0.1) is 0 Å². The van der Waals surface area contributed by atoms with Gasteiger partial charge in [-0.2, -0.15) is 79.0 Å². The second-order valence-electron chi connectivity index (χ2n) is 36.0. The summed E-state index contributed by atoms with van der Waals surface area (Å²) < 4.78 is 353. The van der Waals surface area contributed by atoms with Gasteiger partial charge in [-0.05, 0) is 105 Å². The number of hydrogen-bond acceptors (Lipinski definition) is 30. The van der Waals surface area contributed by atoms with Gasteiger partial charge in [0.1, 0.15) is 0 Å². The standard InChI is InChI=1S/3C24H38N4.6CHF3O3S.3Fe/c3*1-23(2,3)19-27(17-21-11-7-9-13-25-21)15-16-28(20-24(4,5)6)18-22-12-8-10-14-26-22;6*2-1(3,4)8(5,6)7;;;/h3*7-14H,15-20H2,1-6H3;6*(H,5,6,7);;;/q;;;;;;;;;3*+4/p-6. The average Bonchev–Trinajstić information content (AvgIpc) is 0.878. The van der Waals surface area contributed by atoms with Crippen LogP contribution in [0.2, 0.25) is 0 Å². The van der Waals surface area contributed by atoms with E-state index in [9.17, 15) is 79.0 Å². The van der Waals surface area contributed by atoms with Gasteiger partial charge in [0.05, 0.1) is 34.2 Å². The molecule has 0 amide bonds. The molecule has 57 heteroatoms. The summed E-state index contributed by atoms with van der Waals surface area (Å²) >= 11 is 0. The molecule has 0 fully saturated rings. The summed E-state index contributed by atoms with van der Waals surface area (Å²) in [6.45, 7) is 59.3. The normalized spacial score (nSPS) is 12.9. The summed E-state index contributed by atoms with van der Waals surface area (Å²) in [4.78, 5) is 42.5. The second-order valence-corrected chi connectivity index (χ2v) is 44.2. The van der Waals surface area contributed by atoms with Gasteiger partial charge in [0.25, 0.3) is 0 Å². The Morgan fingerprint density at radius 2 is 0.296 bits per heavy atom. The van der Waals surface area contributed by atoms with Gasteiger partial charge in [-0.1, -0.05) is 161 Å². The van der Waals surface area contributed by atoms with E-state index >= 15 is 0 Å². The minimum Gasteiger partial charge on any atom is -0.741 e. The topological polar surface area (TPSA) is 440 Å². The molecule has 135 heavy (non-hydrogen) atoms. The molecule has 0 atom stereocenters. The second kappa shape index (κ2) is 60.0. The molecule has 6 aromatic heterocycles. The number of rotatable bonds is 27. The van der Waals surface area contributed by atoms with Crippen LogP contribution in [0.25, 0.3) is 0 Å². The maximum absolute atomic E-state index is 10.7. The third kappa shape index (κ3) is 75.0. The minimum absolute atomic E-state index is 0. The van der Waals surface area contributed by atoms with E-state index in [-0.39, 0.29) is 83.7 Å².